The van der Waals surface area contributed by atoms with E-state index in [4.69, 9.17) is 4.99 Å². The van der Waals surface area contributed by atoms with Crippen LogP contribution >= 0.6 is 11.8 Å². The smallest absolute Gasteiger partial charge is 0.270 e. The van der Waals surface area contributed by atoms with Crippen molar-refractivity contribution < 1.29 is 14.0 Å². The van der Waals surface area contributed by atoms with Gasteiger partial charge in [-0.2, -0.15) is 4.99 Å². The molecule has 2 unspecified atom stereocenters. The van der Waals surface area contributed by atoms with E-state index in [9.17, 15) is 14.0 Å². The van der Waals surface area contributed by atoms with Crippen LogP contribution in [0.5, 0.6) is 0 Å². The Morgan fingerprint density at radius 2 is 1.84 bits per heavy atom. The molecule has 6 nitrogen and oxygen atoms in total. The maximum atomic E-state index is 13.1. The van der Waals surface area contributed by atoms with Gasteiger partial charge in [-0.1, -0.05) is 37.7 Å². The molecule has 0 spiro atoms. The van der Waals surface area contributed by atoms with Crippen LogP contribution in [0.3, 0.4) is 0 Å². The van der Waals surface area contributed by atoms with Crippen molar-refractivity contribution in [2.45, 2.75) is 38.5 Å². The van der Waals surface area contributed by atoms with Gasteiger partial charge in [-0.3, -0.25) is 14.5 Å². The van der Waals surface area contributed by atoms with Crippen molar-refractivity contribution in [2.75, 3.05) is 5.32 Å². The number of hydrogen-bond donors (Lipinski definition) is 1. The van der Waals surface area contributed by atoms with Crippen LogP contribution in [0.2, 0.25) is 0 Å². The molecule has 2 heterocycles. The number of carbonyl (C=O) groups is 2. The summed E-state index contributed by atoms with van der Waals surface area (Å²) in [4.78, 5) is 36.4. The fraction of sp³-hybridized carbons (Fsp3) is 0.304. The van der Waals surface area contributed by atoms with Crippen molar-refractivity contribution in [3.63, 3.8) is 0 Å². The highest BCUT2D eigenvalue weighted by molar-refractivity contribution is 8.14. The fourth-order valence-corrected chi connectivity index (χ4v) is 4.51. The third-order valence-corrected chi connectivity index (χ3v) is 6.13. The molecule has 2 aromatic rings. The molecule has 0 saturated carbocycles. The first-order valence-electron chi connectivity index (χ1n) is 10.2. The largest absolute Gasteiger partial charge is 0.325 e. The summed E-state index contributed by atoms with van der Waals surface area (Å²) in [7, 11) is 0. The van der Waals surface area contributed by atoms with Crippen LogP contribution in [0.4, 0.5) is 15.8 Å². The Morgan fingerprint density at radius 1 is 1.13 bits per heavy atom. The number of amidine groups is 2. The van der Waals surface area contributed by atoms with Crippen LogP contribution < -0.4 is 5.32 Å². The summed E-state index contributed by atoms with van der Waals surface area (Å²) in [5, 5.41) is 2.88. The summed E-state index contributed by atoms with van der Waals surface area (Å²) in [6, 6.07) is 12.8. The molecule has 0 bridgehead atoms. The Labute approximate surface area is 184 Å². The third-order valence-electron chi connectivity index (χ3n) is 5.07. The molecule has 0 aliphatic carbocycles. The number of carbonyl (C=O) groups excluding carboxylic acids is 2. The molecule has 0 fully saturated rings. The molecule has 4 rings (SSSR count). The normalized spacial score (nSPS) is 18.3. The van der Waals surface area contributed by atoms with Gasteiger partial charge in [-0.15, -0.1) is 0 Å². The Kier molecular flexibility index (Phi) is 5.91. The maximum Gasteiger partial charge on any atom is 0.270 e. The Morgan fingerprint density at radius 3 is 2.55 bits per heavy atom. The molecule has 2 aromatic carbocycles. The number of halogens is 1. The second-order valence-electron chi connectivity index (χ2n) is 7.96. The van der Waals surface area contributed by atoms with Crippen molar-refractivity contribution in [2.24, 2.45) is 15.9 Å². The van der Waals surface area contributed by atoms with E-state index in [2.05, 4.69) is 24.2 Å². The van der Waals surface area contributed by atoms with Gasteiger partial charge >= 0.3 is 0 Å². The molecule has 0 saturated heterocycles. The summed E-state index contributed by atoms with van der Waals surface area (Å²) in [6.07, 6.45) is 0.643. The van der Waals surface area contributed by atoms with Gasteiger partial charge in [0, 0.05) is 11.3 Å². The zero-order valence-corrected chi connectivity index (χ0v) is 18.3. The van der Waals surface area contributed by atoms with Gasteiger partial charge < -0.3 is 5.32 Å². The van der Waals surface area contributed by atoms with Crippen LogP contribution in [0.15, 0.2) is 58.5 Å². The minimum atomic E-state index is -0.495. The summed E-state index contributed by atoms with van der Waals surface area (Å²) in [5.74, 6) is 0.109. The first kappa shape index (κ1) is 21.2. The predicted octanol–water partition coefficient (Wildman–Crippen LogP) is 4.59. The lowest BCUT2D eigenvalue weighted by atomic mass is 10.0. The van der Waals surface area contributed by atoms with Gasteiger partial charge in [0.15, 0.2) is 5.17 Å². The molecule has 2 amide bonds. The summed E-state index contributed by atoms with van der Waals surface area (Å²) < 4.78 is 13.1. The maximum absolute atomic E-state index is 13.1. The minimum Gasteiger partial charge on any atom is -0.325 e. The van der Waals surface area contributed by atoms with Gasteiger partial charge in [0.2, 0.25) is 5.91 Å². The van der Waals surface area contributed by atoms with Gasteiger partial charge in [-0.25, -0.2) is 9.38 Å². The molecule has 8 heteroatoms. The molecule has 160 valence electrons. The number of para-hydroxylation sites is 1. The third kappa shape index (κ3) is 4.39. The van der Waals surface area contributed by atoms with E-state index >= 15 is 0 Å². The van der Waals surface area contributed by atoms with E-state index in [0.29, 0.717) is 29.0 Å². The van der Waals surface area contributed by atoms with E-state index in [-0.39, 0.29) is 17.6 Å². The summed E-state index contributed by atoms with van der Waals surface area (Å²) in [6.45, 7) is 5.90. The molecule has 2 aliphatic rings. The lowest BCUT2D eigenvalue weighted by molar-refractivity contribution is -0.120. The predicted molar refractivity (Wildman–Crippen MR) is 122 cm³/mol. The fourth-order valence-electron chi connectivity index (χ4n) is 3.55. The SMILES string of the molecule is CC(C)CC1C(=O)N=C2c3ccccc3N=C(SC(C)C(=O)Nc3ccc(F)cc3)N21. The van der Waals surface area contributed by atoms with E-state index in [1.807, 2.05) is 29.2 Å². The zero-order valence-electron chi connectivity index (χ0n) is 17.5. The average Bonchev–Trinajstić information content (AvgIpc) is 3.05. The number of anilines is 1. The van der Waals surface area contributed by atoms with Crippen LogP contribution in [-0.2, 0) is 9.59 Å². The molecule has 1 N–H and O–H groups in total. The quantitative estimate of drug-likeness (QED) is 0.741. The van der Waals surface area contributed by atoms with Crippen LogP contribution in [0.25, 0.3) is 0 Å². The van der Waals surface area contributed by atoms with Gasteiger partial charge in [0.05, 0.1) is 10.9 Å². The molecule has 31 heavy (non-hydrogen) atoms. The first-order valence-corrected chi connectivity index (χ1v) is 11.0. The molecule has 0 radical (unpaired) electrons. The van der Waals surface area contributed by atoms with Crippen LogP contribution in [-0.4, -0.2) is 39.0 Å². The van der Waals surface area contributed by atoms with E-state index in [0.717, 1.165) is 11.3 Å². The number of hydrogen-bond acceptors (Lipinski definition) is 5. The highest BCUT2D eigenvalue weighted by atomic mass is 32.2. The van der Waals surface area contributed by atoms with E-state index in [1.54, 1.807) is 6.92 Å². The number of fused-ring (bicyclic) bond motifs is 3. The van der Waals surface area contributed by atoms with Gasteiger partial charge in [0.1, 0.15) is 17.7 Å². The number of amides is 2. The lowest BCUT2D eigenvalue weighted by Crippen LogP contribution is -2.45. The van der Waals surface area contributed by atoms with Crippen molar-refractivity contribution in [1.29, 1.82) is 0 Å². The second kappa shape index (κ2) is 8.63. The molecule has 2 aliphatic heterocycles. The van der Waals surface area contributed by atoms with Crippen LogP contribution in [0.1, 0.15) is 32.8 Å². The molecular formula is C23H23FN4O2S. The molecule has 0 aromatic heterocycles. The number of thioether (sulfide) groups is 1. The Balaban J connectivity index is 1.60. The minimum absolute atomic E-state index is 0.183. The van der Waals surface area contributed by atoms with Crippen molar-refractivity contribution >= 4 is 46.0 Å². The van der Waals surface area contributed by atoms with Crippen molar-refractivity contribution in [3.8, 4) is 0 Å². The van der Waals surface area contributed by atoms with E-state index < -0.39 is 11.3 Å². The number of aliphatic imine (C=N–C) groups is 2. The zero-order chi connectivity index (χ0) is 22.1. The van der Waals surface area contributed by atoms with Gasteiger partial charge in [-0.05, 0) is 55.7 Å². The second-order valence-corrected chi connectivity index (χ2v) is 9.26. The first-order chi connectivity index (χ1) is 14.8. The Bertz CT molecular complexity index is 1080. The highest BCUT2D eigenvalue weighted by Gasteiger charge is 2.42. The number of benzene rings is 2. The van der Waals surface area contributed by atoms with E-state index in [1.165, 1.54) is 36.0 Å². The number of rotatable bonds is 5. The lowest BCUT2D eigenvalue weighted by Gasteiger charge is -2.32. The average molecular weight is 439 g/mol. The molecular weight excluding hydrogens is 415 g/mol. The topological polar surface area (TPSA) is 74.1 Å². The van der Waals surface area contributed by atoms with Crippen LogP contribution in [0, 0.1) is 11.7 Å². The Hall–Kier alpha value is -3.00. The monoisotopic (exact) mass is 438 g/mol. The van der Waals surface area contributed by atoms with Gasteiger partial charge in [0.25, 0.3) is 5.91 Å². The van der Waals surface area contributed by atoms with Crippen molar-refractivity contribution in [3.05, 3.63) is 59.9 Å². The molecule has 2 atom stereocenters. The highest BCUT2D eigenvalue weighted by Crippen LogP contribution is 2.36. The van der Waals surface area contributed by atoms with Crippen molar-refractivity contribution in [1.82, 2.24) is 4.90 Å². The standard InChI is InChI=1S/C23H23FN4O2S/c1-13(2)12-19-22(30)27-20-17-6-4-5-7-18(17)26-23(28(19)20)31-14(3)21(29)25-16-10-8-15(24)9-11-16/h4-11,13-14,19H,12H2,1-3H3,(H,25,29). The summed E-state index contributed by atoms with van der Waals surface area (Å²) in [5.41, 5.74) is 2.06. The number of nitrogens with one attached hydrogen (secondary N) is 1. The number of nitrogens with zero attached hydrogens (tertiary/aromatic N) is 3. The summed E-state index contributed by atoms with van der Waals surface area (Å²) >= 11 is 1.28.